The van der Waals surface area contributed by atoms with Gasteiger partial charge in [-0.1, -0.05) is 11.8 Å². The van der Waals surface area contributed by atoms with Crippen LogP contribution in [0.4, 0.5) is 0 Å². The highest BCUT2D eigenvalue weighted by atomic mass is 79.9. The van der Waals surface area contributed by atoms with Gasteiger partial charge in [0.25, 0.3) is 0 Å². The molecule has 1 heterocycles. The van der Waals surface area contributed by atoms with Crippen LogP contribution in [-0.2, 0) is 0 Å². The molecule has 0 bridgehead atoms. The molecule has 10 heavy (non-hydrogen) atoms. The van der Waals surface area contributed by atoms with E-state index in [1.807, 2.05) is 0 Å². The van der Waals surface area contributed by atoms with E-state index in [0.717, 1.165) is 4.47 Å². The molecule has 54 valence electrons. The van der Waals surface area contributed by atoms with Crippen molar-refractivity contribution in [2.24, 2.45) is 0 Å². The first-order chi connectivity index (χ1) is 4.83. The number of aromatic nitrogens is 2. The van der Waals surface area contributed by atoms with Crippen molar-refractivity contribution in [1.29, 1.82) is 0 Å². The van der Waals surface area contributed by atoms with E-state index in [4.69, 9.17) is 11.6 Å². The second kappa shape index (κ2) is 4.16. The van der Waals surface area contributed by atoms with Crippen LogP contribution in [-0.4, -0.2) is 15.2 Å². The van der Waals surface area contributed by atoms with Gasteiger partial charge < -0.3 is 0 Å². The van der Waals surface area contributed by atoms with Crippen molar-refractivity contribution in [2.75, 3.05) is 5.21 Å². The molecule has 0 radical (unpaired) electrons. The number of halogens is 2. The summed E-state index contributed by atoms with van der Waals surface area (Å²) in [5.74, 6) is 0. The van der Waals surface area contributed by atoms with Crippen molar-refractivity contribution in [3.8, 4) is 0 Å². The SMILES string of the molecule is ClCSc1ncc(Br)cn1. The molecule has 0 aliphatic carbocycles. The van der Waals surface area contributed by atoms with Crippen LogP contribution >= 0.6 is 39.3 Å². The van der Waals surface area contributed by atoms with Crippen LogP contribution in [0.15, 0.2) is 22.0 Å². The Hall–Kier alpha value is 0.200. The van der Waals surface area contributed by atoms with Crippen molar-refractivity contribution in [1.82, 2.24) is 9.97 Å². The van der Waals surface area contributed by atoms with Crippen molar-refractivity contribution < 1.29 is 0 Å². The highest BCUT2D eigenvalue weighted by molar-refractivity contribution is 9.10. The van der Waals surface area contributed by atoms with Gasteiger partial charge in [0.05, 0.1) is 9.68 Å². The Balaban J connectivity index is 2.69. The van der Waals surface area contributed by atoms with Crippen molar-refractivity contribution in [3.05, 3.63) is 16.9 Å². The molecule has 0 N–H and O–H groups in total. The lowest BCUT2D eigenvalue weighted by molar-refractivity contribution is 0.961. The third-order valence-electron chi connectivity index (χ3n) is 0.780. The summed E-state index contributed by atoms with van der Waals surface area (Å²) in [5.41, 5.74) is 0. The normalized spacial score (nSPS) is 9.80. The standard InChI is InChI=1S/C5H4BrClN2S/c6-4-1-8-5(9-2-4)10-3-7/h1-2H,3H2. The quantitative estimate of drug-likeness (QED) is 0.451. The Morgan fingerprint density at radius 3 is 2.60 bits per heavy atom. The van der Waals surface area contributed by atoms with Gasteiger partial charge in [-0.25, -0.2) is 9.97 Å². The molecule has 0 aliphatic rings. The molecular weight excluding hydrogens is 235 g/mol. The van der Waals surface area contributed by atoms with Crippen molar-refractivity contribution in [2.45, 2.75) is 5.16 Å². The number of nitrogens with zero attached hydrogens (tertiary/aromatic N) is 2. The average Bonchev–Trinajstić information content (AvgIpc) is 1.95. The van der Waals surface area contributed by atoms with Gasteiger partial charge in [0, 0.05) is 12.4 Å². The maximum atomic E-state index is 5.45. The molecule has 0 unspecified atom stereocenters. The van der Waals surface area contributed by atoms with Gasteiger partial charge in [0.1, 0.15) is 0 Å². The summed E-state index contributed by atoms with van der Waals surface area (Å²) in [5, 5.41) is 1.19. The second-order valence-corrected chi connectivity index (χ2v) is 3.88. The minimum Gasteiger partial charge on any atom is -0.230 e. The Labute approximate surface area is 76.5 Å². The van der Waals surface area contributed by atoms with E-state index in [1.165, 1.54) is 11.8 Å². The largest absolute Gasteiger partial charge is 0.230 e. The van der Waals surface area contributed by atoms with E-state index in [0.29, 0.717) is 10.4 Å². The molecular formula is C5H4BrClN2S. The summed E-state index contributed by atoms with van der Waals surface area (Å²) in [6, 6.07) is 0. The van der Waals surface area contributed by atoms with Gasteiger partial charge in [0.2, 0.25) is 0 Å². The van der Waals surface area contributed by atoms with Crippen LogP contribution in [0.25, 0.3) is 0 Å². The summed E-state index contributed by atoms with van der Waals surface area (Å²) in [6.07, 6.45) is 3.39. The number of alkyl halides is 1. The molecule has 0 atom stereocenters. The zero-order chi connectivity index (χ0) is 7.40. The molecule has 0 aromatic carbocycles. The van der Waals surface area contributed by atoms with Crippen molar-refractivity contribution >= 4 is 39.3 Å². The summed E-state index contributed by atoms with van der Waals surface area (Å²) in [4.78, 5) is 7.98. The molecule has 1 rings (SSSR count). The number of rotatable bonds is 2. The van der Waals surface area contributed by atoms with Gasteiger partial charge in [-0.05, 0) is 15.9 Å². The molecule has 0 fully saturated rings. The number of thioether (sulfide) groups is 1. The number of hydrogen-bond acceptors (Lipinski definition) is 3. The zero-order valence-corrected chi connectivity index (χ0v) is 8.08. The lowest BCUT2D eigenvalue weighted by Gasteiger charge is -1.92. The molecule has 1 aromatic rings. The molecule has 0 saturated heterocycles. The van der Waals surface area contributed by atoms with E-state index in [-0.39, 0.29) is 0 Å². The number of hydrogen-bond donors (Lipinski definition) is 0. The monoisotopic (exact) mass is 238 g/mol. The average molecular weight is 240 g/mol. The second-order valence-electron chi connectivity index (χ2n) is 1.44. The van der Waals surface area contributed by atoms with Crippen LogP contribution in [0, 0.1) is 0 Å². The van der Waals surface area contributed by atoms with Crippen molar-refractivity contribution in [3.63, 3.8) is 0 Å². The summed E-state index contributed by atoms with van der Waals surface area (Å²) < 4.78 is 0.881. The third-order valence-corrected chi connectivity index (χ3v) is 2.10. The molecule has 0 aliphatic heterocycles. The molecule has 0 saturated carbocycles. The molecule has 0 spiro atoms. The smallest absolute Gasteiger partial charge is 0.188 e. The molecule has 2 nitrogen and oxygen atoms in total. The topological polar surface area (TPSA) is 25.8 Å². The maximum absolute atomic E-state index is 5.45. The summed E-state index contributed by atoms with van der Waals surface area (Å²) >= 11 is 10.1. The Morgan fingerprint density at radius 1 is 1.50 bits per heavy atom. The van der Waals surface area contributed by atoms with E-state index in [9.17, 15) is 0 Å². The molecule has 1 aromatic heterocycles. The fourth-order valence-corrected chi connectivity index (χ4v) is 1.27. The predicted octanol–water partition coefficient (Wildman–Crippen LogP) is 2.53. The van der Waals surface area contributed by atoms with Crippen LogP contribution < -0.4 is 0 Å². The minimum atomic E-state index is 0.488. The lowest BCUT2D eigenvalue weighted by atomic mass is 10.7. The first-order valence-electron chi connectivity index (χ1n) is 2.49. The van der Waals surface area contributed by atoms with Gasteiger partial charge in [0.15, 0.2) is 5.16 Å². The fourth-order valence-electron chi connectivity index (χ4n) is 0.424. The summed E-state index contributed by atoms with van der Waals surface area (Å²) in [6.45, 7) is 0. The van der Waals surface area contributed by atoms with Gasteiger partial charge in [-0.2, -0.15) is 0 Å². The molecule has 0 amide bonds. The van der Waals surface area contributed by atoms with Crippen LogP contribution in [0.5, 0.6) is 0 Å². The molecule has 5 heteroatoms. The maximum Gasteiger partial charge on any atom is 0.188 e. The van der Waals surface area contributed by atoms with E-state index in [1.54, 1.807) is 12.4 Å². The van der Waals surface area contributed by atoms with Gasteiger partial charge >= 0.3 is 0 Å². The van der Waals surface area contributed by atoms with E-state index >= 15 is 0 Å². The minimum absolute atomic E-state index is 0.488. The zero-order valence-electron chi connectivity index (χ0n) is 4.92. The third kappa shape index (κ3) is 2.44. The van der Waals surface area contributed by atoms with Crippen LogP contribution in [0.2, 0.25) is 0 Å². The Bertz CT molecular complexity index is 203. The highest BCUT2D eigenvalue weighted by Gasteiger charge is 1.93. The lowest BCUT2D eigenvalue weighted by Crippen LogP contribution is -1.83. The van der Waals surface area contributed by atoms with E-state index < -0.39 is 0 Å². The highest BCUT2D eigenvalue weighted by Crippen LogP contribution is 2.14. The summed E-state index contributed by atoms with van der Waals surface area (Å²) in [7, 11) is 0. The van der Waals surface area contributed by atoms with Gasteiger partial charge in [-0.15, -0.1) is 11.6 Å². The predicted molar refractivity (Wildman–Crippen MR) is 46.3 cm³/mol. The fraction of sp³-hybridized carbons (Fsp3) is 0.200. The van der Waals surface area contributed by atoms with Gasteiger partial charge in [-0.3, -0.25) is 0 Å². The van der Waals surface area contributed by atoms with E-state index in [2.05, 4.69) is 25.9 Å². The Morgan fingerprint density at radius 2 is 2.10 bits per heavy atom. The van der Waals surface area contributed by atoms with Crippen LogP contribution in [0.3, 0.4) is 0 Å². The Kier molecular flexibility index (Phi) is 3.45. The van der Waals surface area contributed by atoms with Crippen LogP contribution in [0.1, 0.15) is 0 Å². The first-order valence-corrected chi connectivity index (χ1v) is 4.80. The first kappa shape index (κ1) is 8.30.